The van der Waals surface area contributed by atoms with Crippen molar-refractivity contribution in [2.75, 3.05) is 31.5 Å². The smallest absolute Gasteiger partial charge is 0.315 e. The highest BCUT2D eigenvalue weighted by Gasteiger charge is 2.41. The molecule has 1 aliphatic rings. The maximum absolute atomic E-state index is 12.4. The first kappa shape index (κ1) is 19.0. The van der Waals surface area contributed by atoms with Crippen LogP contribution in [0.15, 0.2) is 11.4 Å². The minimum Gasteiger partial charge on any atom is -0.468 e. The predicted octanol–water partition coefficient (Wildman–Crippen LogP) is -1.03. The van der Waals surface area contributed by atoms with Crippen LogP contribution in [0.3, 0.4) is 0 Å². The molecule has 0 aliphatic carbocycles. The number of nitrogens with one attached hydrogen (secondary N) is 2. The Labute approximate surface area is 151 Å². The SMILES string of the molecule is CO/N=C(\C(=O)NC1C(=O)NC1CSCC(=O)OC)c1cnc(N)s1. The van der Waals surface area contributed by atoms with Crippen LogP contribution in [0.1, 0.15) is 4.88 Å². The normalized spacial score (nSPS) is 19.6. The van der Waals surface area contributed by atoms with Gasteiger partial charge < -0.3 is 25.9 Å². The zero-order valence-corrected chi connectivity index (χ0v) is 15.1. The largest absolute Gasteiger partial charge is 0.468 e. The summed E-state index contributed by atoms with van der Waals surface area (Å²) in [7, 11) is 2.61. The van der Waals surface area contributed by atoms with E-state index in [2.05, 4.69) is 30.3 Å². The van der Waals surface area contributed by atoms with Crippen molar-refractivity contribution in [3.8, 4) is 0 Å². The fraction of sp³-hybridized carbons (Fsp3) is 0.462. The number of anilines is 1. The summed E-state index contributed by atoms with van der Waals surface area (Å²) in [5.41, 5.74) is 5.55. The van der Waals surface area contributed by atoms with Gasteiger partial charge in [-0.05, 0) is 0 Å². The molecule has 12 heteroatoms. The highest BCUT2D eigenvalue weighted by molar-refractivity contribution is 7.99. The molecule has 0 aromatic carbocycles. The molecule has 1 aliphatic heterocycles. The molecular formula is C13H17N5O5S2. The lowest BCUT2D eigenvalue weighted by Gasteiger charge is -2.36. The third-order valence-corrected chi connectivity index (χ3v) is 5.07. The number of methoxy groups -OCH3 is 1. The zero-order chi connectivity index (χ0) is 18.4. The van der Waals surface area contributed by atoms with Gasteiger partial charge in [0.05, 0.1) is 23.8 Å². The summed E-state index contributed by atoms with van der Waals surface area (Å²) in [5.74, 6) is -0.615. The summed E-state index contributed by atoms with van der Waals surface area (Å²) >= 11 is 2.38. The Morgan fingerprint density at radius 1 is 1.52 bits per heavy atom. The number of β-lactam (4-membered cyclic amide) rings is 1. The Morgan fingerprint density at radius 3 is 2.84 bits per heavy atom. The number of esters is 1. The van der Waals surface area contributed by atoms with E-state index in [1.54, 1.807) is 0 Å². The Bertz CT molecular complexity index is 692. The summed E-state index contributed by atoms with van der Waals surface area (Å²) in [6.45, 7) is 0. The second kappa shape index (κ2) is 8.67. The van der Waals surface area contributed by atoms with Gasteiger partial charge in [0.25, 0.3) is 5.91 Å². The fourth-order valence-corrected chi connectivity index (χ4v) is 3.57. The van der Waals surface area contributed by atoms with Gasteiger partial charge in [-0.25, -0.2) is 4.98 Å². The fourth-order valence-electron chi connectivity index (χ4n) is 1.97. The molecule has 10 nitrogen and oxygen atoms in total. The van der Waals surface area contributed by atoms with E-state index in [1.165, 1.54) is 32.2 Å². The van der Waals surface area contributed by atoms with Crippen molar-refractivity contribution in [3.63, 3.8) is 0 Å². The zero-order valence-electron chi connectivity index (χ0n) is 13.5. The second-order valence-corrected chi connectivity index (χ2v) is 6.94. The lowest BCUT2D eigenvalue weighted by Crippen LogP contribution is -2.70. The number of hydrogen-bond acceptors (Lipinski definition) is 10. The predicted molar refractivity (Wildman–Crippen MR) is 93.3 cm³/mol. The molecule has 2 heterocycles. The number of oxime groups is 1. The van der Waals surface area contributed by atoms with Crippen LogP contribution in [-0.4, -0.2) is 66.3 Å². The Balaban J connectivity index is 1.96. The summed E-state index contributed by atoms with van der Waals surface area (Å²) < 4.78 is 4.54. The standard InChI is InChI=1S/C13H17N5O5S2/c1-22-8(19)5-24-4-6-9(11(20)16-6)17-12(21)10(18-23-2)7-3-15-13(14)25-7/h3,6,9H,4-5H2,1-2H3,(H2,14,15)(H,16,20)(H,17,21)/b18-10-. The van der Waals surface area contributed by atoms with E-state index in [4.69, 9.17) is 5.73 Å². The number of carbonyl (C=O) groups is 3. The quantitative estimate of drug-likeness (QED) is 0.222. The lowest BCUT2D eigenvalue weighted by molar-refractivity contribution is -0.137. The number of thioether (sulfide) groups is 1. The van der Waals surface area contributed by atoms with E-state index in [0.717, 1.165) is 11.3 Å². The number of nitrogen functional groups attached to an aromatic ring is 1. The molecule has 0 bridgehead atoms. The molecule has 1 saturated heterocycles. The molecule has 1 fully saturated rings. The average Bonchev–Trinajstić information content (AvgIpc) is 3.02. The Hall–Kier alpha value is -2.34. The van der Waals surface area contributed by atoms with Gasteiger partial charge in [0.15, 0.2) is 10.8 Å². The van der Waals surface area contributed by atoms with Gasteiger partial charge in [0.2, 0.25) is 5.91 Å². The number of ether oxygens (including phenoxy) is 1. The second-order valence-electron chi connectivity index (χ2n) is 4.84. The van der Waals surface area contributed by atoms with E-state index < -0.39 is 11.9 Å². The van der Waals surface area contributed by atoms with Crippen LogP contribution < -0.4 is 16.4 Å². The first-order chi connectivity index (χ1) is 12.0. The molecule has 136 valence electrons. The van der Waals surface area contributed by atoms with Crippen molar-refractivity contribution in [3.05, 3.63) is 11.1 Å². The number of amides is 2. The van der Waals surface area contributed by atoms with E-state index >= 15 is 0 Å². The van der Waals surface area contributed by atoms with E-state index in [-0.39, 0.29) is 34.5 Å². The first-order valence-corrected chi connectivity index (χ1v) is 9.02. The van der Waals surface area contributed by atoms with Crippen molar-refractivity contribution in [2.45, 2.75) is 12.1 Å². The molecule has 1 aromatic heterocycles. The summed E-state index contributed by atoms with van der Waals surface area (Å²) in [6.07, 6.45) is 1.40. The van der Waals surface area contributed by atoms with E-state index in [0.29, 0.717) is 10.6 Å². The molecule has 0 saturated carbocycles. The van der Waals surface area contributed by atoms with Crippen molar-refractivity contribution in [2.24, 2.45) is 5.16 Å². The molecule has 0 spiro atoms. The Kier molecular flexibility index (Phi) is 6.58. The summed E-state index contributed by atoms with van der Waals surface area (Å²) in [6, 6.07) is -1.01. The molecule has 2 rings (SSSR count). The monoisotopic (exact) mass is 387 g/mol. The topological polar surface area (TPSA) is 145 Å². The third kappa shape index (κ3) is 4.82. The first-order valence-electron chi connectivity index (χ1n) is 7.05. The minimum absolute atomic E-state index is 0.0163. The van der Waals surface area contributed by atoms with Crippen molar-refractivity contribution in [1.29, 1.82) is 0 Å². The maximum atomic E-state index is 12.4. The summed E-state index contributed by atoms with van der Waals surface area (Å²) in [4.78, 5) is 44.2. The van der Waals surface area contributed by atoms with Crippen LogP contribution in [-0.2, 0) is 24.0 Å². The van der Waals surface area contributed by atoms with Crippen LogP contribution in [0.2, 0.25) is 0 Å². The summed E-state index contributed by atoms with van der Waals surface area (Å²) in [5, 5.41) is 9.25. The third-order valence-electron chi connectivity index (χ3n) is 3.20. The molecular weight excluding hydrogens is 370 g/mol. The van der Waals surface area contributed by atoms with Crippen molar-refractivity contribution < 1.29 is 24.0 Å². The maximum Gasteiger partial charge on any atom is 0.315 e. The van der Waals surface area contributed by atoms with Crippen LogP contribution in [0, 0.1) is 0 Å². The number of thiazole rings is 1. The van der Waals surface area contributed by atoms with Crippen LogP contribution in [0.5, 0.6) is 0 Å². The van der Waals surface area contributed by atoms with Crippen molar-refractivity contribution in [1.82, 2.24) is 15.6 Å². The number of hydrogen-bond donors (Lipinski definition) is 3. The molecule has 2 atom stereocenters. The number of aromatic nitrogens is 1. The molecule has 25 heavy (non-hydrogen) atoms. The van der Waals surface area contributed by atoms with Gasteiger partial charge in [-0.3, -0.25) is 14.4 Å². The average molecular weight is 387 g/mol. The van der Waals surface area contributed by atoms with Gasteiger partial charge >= 0.3 is 5.97 Å². The lowest BCUT2D eigenvalue weighted by atomic mass is 10.0. The number of rotatable bonds is 8. The Morgan fingerprint density at radius 2 is 2.28 bits per heavy atom. The highest BCUT2D eigenvalue weighted by Crippen LogP contribution is 2.17. The van der Waals surface area contributed by atoms with Crippen molar-refractivity contribution >= 4 is 51.7 Å². The minimum atomic E-state index is -0.718. The van der Waals surface area contributed by atoms with Gasteiger partial charge in [0.1, 0.15) is 13.2 Å². The number of carbonyl (C=O) groups excluding carboxylic acids is 3. The van der Waals surface area contributed by atoms with E-state index in [9.17, 15) is 14.4 Å². The molecule has 0 radical (unpaired) electrons. The molecule has 2 amide bonds. The van der Waals surface area contributed by atoms with Crippen LogP contribution in [0.25, 0.3) is 0 Å². The number of nitrogens with two attached hydrogens (primary N) is 1. The van der Waals surface area contributed by atoms with Crippen LogP contribution >= 0.6 is 23.1 Å². The van der Waals surface area contributed by atoms with Gasteiger partial charge in [0, 0.05) is 11.9 Å². The molecule has 2 unspecified atom stereocenters. The number of nitrogens with zero attached hydrogens (tertiary/aromatic N) is 2. The van der Waals surface area contributed by atoms with Gasteiger partial charge in [-0.15, -0.1) is 11.8 Å². The van der Waals surface area contributed by atoms with E-state index in [1.807, 2.05) is 0 Å². The highest BCUT2D eigenvalue weighted by atomic mass is 32.2. The molecule has 4 N–H and O–H groups in total. The van der Waals surface area contributed by atoms with Crippen LogP contribution in [0.4, 0.5) is 5.13 Å². The molecule has 1 aromatic rings. The van der Waals surface area contributed by atoms with Gasteiger partial charge in [-0.1, -0.05) is 16.5 Å². The van der Waals surface area contributed by atoms with Gasteiger partial charge in [-0.2, -0.15) is 0 Å².